The molecule has 0 aliphatic heterocycles. The van der Waals surface area contributed by atoms with Gasteiger partial charge < -0.3 is 4.90 Å². The van der Waals surface area contributed by atoms with Crippen LogP contribution in [0, 0.1) is 0 Å². The van der Waals surface area contributed by atoms with Crippen LogP contribution in [0.3, 0.4) is 0 Å². The second kappa shape index (κ2) is 9.18. The average Bonchev–Trinajstić information content (AvgIpc) is 2.63. The fraction of sp³-hybridized carbons (Fsp3) is 0.0952. The van der Waals surface area contributed by atoms with E-state index >= 15 is 0 Å². The molecule has 0 atom stereocenters. The highest BCUT2D eigenvalue weighted by Gasteiger charge is 2.13. The highest BCUT2D eigenvalue weighted by molar-refractivity contribution is 9.10. The van der Waals surface area contributed by atoms with Crippen molar-refractivity contribution in [2.75, 3.05) is 0 Å². The van der Waals surface area contributed by atoms with Crippen LogP contribution in [0.15, 0.2) is 94.3 Å². The molecule has 3 rings (SSSR count). The van der Waals surface area contributed by atoms with Gasteiger partial charge in [-0.3, -0.25) is 0 Å². The zero-order chi connectivity index (χ0) is 17.5. The first-order valence-corrected chi connectivity index (χ1v) is 10.0. The zero-order valence-electron chi connectivity index (χ0n) is 13.6. The summed E-state index contributed by atoms with van der Waals surface area (Å²) in [5.74, 6) is 0. The topological polar surface area (TPSA) is 3.24 Å². The lowest BCUT2D eigenvalue weighted by Crippen LogP contribution is -2.26. The SMILES string of the molecule is S=C(Sc1cccc(Br)c1)N(Cc1ccccc1)Cc1ccccc1. The van der Waals surface area contributed by atoms with E-state index in [1.807, 2.05) is 24.3 Å². The van der Waals surface area contributed by atoms with E-state index in [0.29, 0.717) is 0 Å². The number of thioether (sulfide) groups is 1. The summed E-state index contributed by atoms with van der Waals surface area (Å²) in [7, 11) is 0. The monoisotopic (exact) mass is 427 g/mol. The van der Waals surface area contributed by atoms with Crippen LogP contribution < -0.4 is 0 Å². The summed E-state index contributed by atoms with van der Waals surface area (Å²) in [5, 5.41) is 0. The molecule has 0 fully saturated rings. The van der Waals surface area contributed by atoms with E-state index in [0.717, 1.165) is 26.8 Å². The van der Waals surface area contributed by atoms with Crippen molar-refractivity contribution >= 4 is 44.2 Å². The first-order valence-electron chi connectivity index (χ1n) is 8.01. The lowest BCUT2D eigenvalue weighted by molar-refractivity contribution is 0.421. The van der Waals surface area contributed by atoms with Gasteiger partial charge in [0.15, 0.2) is 0 Å². The van der Waals surface area contributed by atoms with E-state index in [-0.39, 0.29) is 0 Å². The molecule has 0 N–H and O–H groups in total. The highest BCUT2D eigenvalue weighted by atomic mass is 79.9. The summed E-state index contributed by atoms with van der Waals surface area (Å²) in [5.41, 5.74) is 2.52. The minimum atomic E-state index is 0.801. The zero-order valence-corrected chi connectivity index (χ0v) is 16.9. The molecule has 3 aromatic rings. The van der Waals surface area contributed by atoms with Crippen LogP contribution in [-0.2, 0) is 13.1 Å². The number of hydrogen-bond acceptors (Lipinski definition) is 2. The molecule has 1 nitrogen and oxygen atoms in total. The maximum atomic E-state index is 5.77. The van der Waals surface area contributed by atoms with Crippen molar-refractivity contribution in [2.45, 2.75) is 18.0 Å². The molecule has 3 aromatic carbocycles. The summed E-state index contributed by atoms with van der Waals surface area (Å²) < 4.78 is 1.95. The summed E-state index contributed by atoms with van der Waals surface area (Å²) in [6.45, 7) is 1.60. The molecule has 0 amide bonds. The highest BCUT2D eigenvalue weighted by Crippen LogP contribution is 2.26. The number of nitrogens with zero attached hydrogens (tertiary/aromatic N) is 1. The number of hydrogen-bond donors (Lipinski definition) is 0. The van der Waals surface area contributed by atoms with Gasteiger partial charge in [0.1, 0.15) is 4.32 Å². The lowest BCUT2D eigenvalue weighted by atomic mass is 10.2. The first-order chi connectivity index (χ1) is 12.2. The molecule has 0 aromatic heterocycles. The van der Waals surface area contributed by atoms with Gasteiger partial charge in [0.2, 0.25) is 0 Å². The first kappa shape index (κ1) is 18.2. The van der Waals surface area contributed by atoms with Crippen molar-refractivity contribution in [1.29, 1.82) is 0 Å². The van der Waals surface area contributed by atoms with Gasteiger partial charge in [-0.15, -0.1) is 0 Å². The Labute approximate surface area is 167 Å². The van der Waals surface area contributed by atoms with Gasteiger partial charge in [-0.2, -0.15) is 0 Å². The van der Waals surface area contributed by atoms with Crippen molar-refractivity contribution in [1.82, 2.24) is 4.90 Å². The molecule has 0 radical (unpaired) electrons. The fourth-order valence-corrected chi connectivity index (χ4v) is 4.25. The van der Waals surface area contributed by atoms with E-state index in [4.69, 9.17) is 12.2 Å². The lowest BCUT2D eigenvalue weighted by Gasteiger charge is -2.25. The van der Waals surface area contributed by atoms with Gasteiger partial charge >= 0.3 is 0 Å². The summed E-state index contributed by atoms with van der Waals surface area (Å²) in [6, 6.07) is 29.2. The number of thiocarbonyl (C=S) groups is 1. The Hall–Kier alpha value is -1.62. The predicted molar refractivity (Wildman–Crippen MR) is 115 cm³/mol. The van der Waals surface area contributed by atoms with Crippen LogP contribution in [0.25, 0.3) is 0 Å². The second-order valence-corrected chi connectivity index (χ2v) is 8.28. The Morgan fingerprint density at radius 2 is 1.36 bits per heavy atom. The second-order valence-electron chi connectivity index (χ2n) is 5.65. The van der Waals surface area contributed by atoms with Crippen LogP contribution >= 0.6 is 39.9 Å². The molecule has 25 heavy (non-hydrogen) atoms. The number of benzene rings is 3. The predicted octanol–water partition coefficient (Wildman–Crippen LogP) is 6.53. The van der Waals surface area contributed by atoms with E-state index in [1.54, 1.807) is 11.8 Å². The number of rotatable bonds is 5. The van der Waals surface area contributed by atoms with Gasteiger partial charge in [0.25, 0.3) is 0 Å². The molecule has 0 aliphatic carbocycles. The third-order valence-electron chi connectivity index (χ3n) is 3.69. The normalized spacial score (nSPS) is 10.4. The van der Waals surface area contributed by atoms with Crippen LogP contribution in [0.2, 0.25) is 0 Å². The molecule has 0 spiro atoms. The van der Waals surface area contributed by atoms with Gasteiger partial charge in [-0.1, -0.05) is 107 Å². The van der Waals surface area contributed by atoms with Crippen LogP contribution in [0.1, 0.15) is 11.1 Å². The minimum Gasteiger partial charge on any atom is -0.349 e. The summed E-state index contributed by atoms with van der Waals surface area (Å²) >= 11 is 10.9. The largest absolute Gasteiger partial charge is 0.349 e. The van der Waals surface area contributed by atoms with Crippen LogP contribution in [0.5, 0.6) is 0 Å². The molecular formula is C21H18BrNS2. The van der Waals surface area contributed by atoms with Crippen molar-refractivity contribution in [2.24, 2.45) is 0 Å². The maximum absolute atomic E-state index is 5.77. The third kappa shape index (κ3) is 5.70. The minimum absolute atomic E-state index is 0.801. The van der Waals surface area contributed by atoms with Crippen molar-refractivity contribution in [3.8, 4) is 0 Å². The van der Waals surface area contributed by atoms with Crippen molar-refractivity contribution in [3.63, 3.8) is 0 Å². The Morgan fingerprint density at radius 3 is 1.88 bits per heavy atom. The Balaban J connectivity index is 1.78. The Bertz CT molecular complexity index is 780. The van der Waals surface area contributed by atoms with Crippen molar-refractivity contribution < 1.29 is 0 Å². The average molecular weight is 428 g/mol. The molecular weight excluding hydrogens is 410 g/mol. The van der Waals surface area contributed by atoms with E-state index in [9.17, 15) is 0 Å². The Morgan fingerprint density at radius 1 is 0.800 bits per heavy atom. The molecule has 4 heteroatoms. The van der Waals surface area contributed by atoms with Crippen molar-refractivity contribution in [3.05, 3.63) is 101 Å². The van der Waals surface area contributed by atoms with Gasteiger partial charge in [-0.25, -0.2) is 0 Å². The molecule has 0 heterocycles. The van der Waals surface area contributed by atoms with Crippen LogP contribution in [0.4, 0.5) is 0 Å². The smallest absolute Gasteiger partial charge is 0.141 e. The van der Waals surface area contributed by atoms with E-state index in [1.165, 1.54) is 11.1 Å². The standard InChI is InChI=1S/C21H18BrNS2/c22-19-12-7-13-20(14-19)25-21(24)23(15-17-8-3-1-4-9-17)16-18-10-5-2-6-11-18/h1-14H,15-16H2. The van der Waals surface area contributed by atoms with Crippen LogP contribution in [-0.4, -0.2) is 9.22 Å². The fourth-order valence-electron chi connectivity index (χ4n) is 2.49. The van der Waals surface area contributed by atoms with Gasteiger partial charge in [0, 0.05) is 22.5 Å². The maximum Gasteiger partial charge on any atom is 0.141 e. The Kier molecular flexibility index (Phi) is 6.68. The van der Waals surface area contributed by atoms with E-state index < -0.39 is 0 Å². The molecule has 0 aliphatic rings. The molecule has 0 saturated carbocycles. The third-order valence-corrected chi connectivity index (χ3v) is 5.62. The van der Waals surface area contributed by atoms with Gasteiger partial charge in [0.05, 0.1) is 0 Å². The summed E-state index contributed by atoms with van der Waals surface area (Å²) in [4.78, 5) is 3.40. The molecule has 0 saturated heterocycles. The van der Waals surface area contributed by atoms with E-state index in [2.05, 4.69) is 81.5 Å². The van der Waals surface area contributed by atoms with Gasteiger partial charge in [-0.05, 0) is 29.3 Å². The molecule has 0 unspecified atom stereocenters. The molecule has 126 valence electrons. The number of halogens is 1. The summed E-state index contributed by atoms with van der Waals surface area (Å²) in [6.07, 6.45) is 0. The molecule has 0 bridgehead atoms. The quantitative estimate of drug-likeness (QED) is 0.336.